The molecule has 0 unspecified atom stereocenters. The number of hydrogen-bond donors (Lipinski definition) is 2. The number of hydrogen-bond acceptors (Lipinski definition) is 5. The van der Waals surface area contributed by atoms with Gasteiger partial charge >= 0.3 is 0 Å². The molecule has 29 heavy (non-hydrogen) atoms. The lowest BCUT2D eigenvalue weighted by atomic mass is 10.1. The van der Waals surface area contributed by atoms with Gasteiger partial charge in [-0.05, 0) is 38.3 Å². The number of benzene rings is 1. The van der Waals surface area contributed by atoms with Crippen LogP contribution in [0.1, 0.15) is 42.5 Å². The minimum absolute atomic E-state index is 0.0414. The van der Waals surface area contributed by atoms with Crippen LogP contribution in [0.5, 0.6) is 0 Å². The Hall–Kier alpha value is -3.43. The molecule has 0 saturated carbocycles. The van der Waals surface area contributed by atoms with Crippen molar-refractivity contribution in [1.29, 1.82) is 0 Å². The van der Waals surface area contributed by atoms with E-state index in [0.29, 0.717) is 22.7 Å². The first kappa shape index (κ1) is 18.9. The van der Waals surface area contributed by atoms with E-state index < -0.39 is 29.5 Å². The summed E-state index contributed by atoms with van der Waals surface area (Å²) >= 11 is 0. The normalized spacial score (nSPS) is 16.4. The van der Waals surface area contributed by atoms with Crippen LogP contribution in [0.4, 0.5) is 14.5 Å². The maximum Gasteiger partial charge on any atom is 0.289 e. The van der Waals surface area contributed by atoms with E-state index in [9.17, 15) is 18.4 Å². The molecule has 0 radical (unpaired) electrons. The van der Waals surface area contributed by atoms with Crippen molar-refractivity contribution >= 4 is 28.5 Å². The molecule has 1 aromatic carbocycles. The first-order valence-electron chi connectivity index (χ1n) is 9.13. The standard InChI is InChI=1S/C19H18F2N6O2/c1-9(2)27-17-11(8-23-27)7-22-16(26-17)19(29)24-14-4-3-10-5-12(20)6-13(21)15(10)25-18(14)28/h5-9,14H,3-4H2,1-2H3,(H,24,29)(H,25,28)/t14-/m0/s1. The van der Waals surface area contributed by atoms with Crippen molar-refractivity contribution in [3.05, 3.63) is 47.5 Å². The van der Waals surface area contributed by atoms with E-state index in [1.165, 1.54) is 12.3 Å². The summed E-state index contributed by atoms with van der Waals surface area (Å²) in [5.74, 6) is -2.90. The highest BCUT2D eigenvalue weighted by Crippen LogP contribution is 2.26. The molecule has 2 N–H and O–H groups in total. The minimum atomic E-state index is -0.938. The van der Waals surface area contributed by atoms with E-state index in [2.05, 4.69) is 25.7 Å². The first-order valence-corrected chi connectivity index (χ1v) is 9.13. The van der Waals surface area contributed by atoms with Gasteiger partial charge in [0.15, 0.2) is 5.65 Å². The second-order valence-corrected chi connectivity index (χ2v) is 7.13. The van der Waals surface area contributed by atoms with Crippen LogP contribution in [-0.2, 0) is 11.2 Å². The SMILES string of the molecule is CC(C)n1ncc2cnc(C(=O)N[C@H]3CCc4cc(F)cc(F)c4NC3=O)nc21. The lowest BCUT2D eigenvalue weighted by molar-refractivity contribution is -0.118. The number of nitrogens with one attached hydrogen (secondary N) is 2. The van der Waals surface area contributed by atoms with Gasteiger partial charge in [-0.25, -0.2) is 23.4 Å². The summed E-state index contributed by atoms with van der Waals surface area (Å²) in [5.41, 5.74) is 0.785. The van der Waals surface area contributed by atoms with Crippen LogP contribution in [-0.4, -0.2) is 37.6 Å². The molecule has 2 aromatic heterocycles. The van der Waals surface area contributed by atoms with Crippen LogP contribution in [0.2, 0.25) is 0 Å². The highest BCUT2D eigenvalue weighted by molar-refractivity contribution is 6.01. The zero-order valence-corrected chi connectivity index (χ0v) is 15.7. The molecular weight excluding hydrogens is 382 g/mol. The van der Waals surface area contributed by atoms with Gasteiger partial charge < -0.3 is 10.6 Å². The van der Waals surface area contributed by atoms with Crippen molar-refractivity contribution in [2.75, 3.05) is 5.32 Å². The second kappa shape index (κ2) is 7.19. The van der Waals surface area contributed by atoms with Gasteiger partial charge in [-0.15, -0.1) is 0 Å². The third-order valence-electron chi connectivity index (χ3n) is 4.74. The fourth-order valence-electron chi connectivity index (χ4n) is 3.29. The molecule has 1 aliphatic heterocycles. The lowest BCUT2D eigenvalue weighted by Crippen LogP contribution is -2.43. The fourth-order valence-corrected chi connectivity index (χ4v) is 3.29. The van der Waals surface area contributed by atoms with Gasteiger partial charge in [0.05, 0.1) is 17.3 Å². The summed E-state index contributed by atoms with van der Waals surface area (Å²) in [6, 6.07) is 0.984. The monoisotopic (exact) mass is 400 g/mol. The number of anilines is 1. The summed E-state index contributed by atoms with van der Waals surface area (Å²) < 4.78 is 29.1. The van der Waals surface area contributed by atoms with Gasteiger partial charge in [0.1, 0.15) is 17.7 Å². The number of amides is 2. The predicted octanol–water partition coefficient (Wildman–Crippen LogP) is 2.37. The highest BCUT2D eigenvalue weighted by atomic mass is 19.1. The average Bonchev–Trinajstić information content (AvgIpc) is 3.03. The van der Waals surface area contributed by atoms with Gasteiger partial charge in [-0.3, -0.25) is 9.59 Å². The summed E-state index contributed by atoms with van der Waals surface area (Å²) in [4.78, 5) is 33.4. The fraction of sp³-hybridized carbons (Fsp3) is 0.316. The van der Waals surface area contributed by atoms with Crippen molar-refractivity contribution < 1.29 is 18.4 Å². The maximum absolute atomic E-state index is 14.0. The number of aromatic nitrogens is 4. The van der Waals surface area contributed by atoms with Crippen molar-refractivity contribution in [3.63, 3.8) is 0 Å². The van der Waals surface area contributed by atoms with Crippen LogP contribution in [0.3, 0.4) is 0 Å². The Kier molecular flexibility index (Phi) is 4.69. The van der Waals surface area contributed by atoms with E-state index in [0.717, 1.165) is 0 Å². The minimum Gasteiger partial charge on any atom is -0.337 e. The van der Waals surface area contributed by atoms with E-state index >= 15 is 0 Å². The lowest BCUT2D eigenvalue weighted by Gasteiger charge is -2.15. The van der Waals surface area contributed by atoms with E-state index in [4.69, 9.17) is 0 Å². The van der Waals surface area contributed by atoms with Crippen LogP contribution in [0.15, 0.2) is 24.5 Å². The Morgan fingerprint density at radius 2 is 2.10 bits per heavy atom. The number of carbonyl (C=O) groups is 2. The number of carbonyl (C=O) groups excluding carboxylic acids is 2. The molecule has 2 amide bonds. The van der Waals surface area contributed by atoms with Crippen LogP contribution < -0.4 is 10.6 Å². The van der Waals surface area contributed by atoms with E-state index in [-0.39, 0.29) is 30.4 Å². The highest BCUT2D eigenvalue weighted by Gasteiger charge is 2.28. The zero-order chi connectivity index (χ0) is 20.7. The van der Waals surface area contributed by atoms with Gasteiger partial charge in [-0.2, -0.15) is 5.10 Å². The quantitative estimate of drug-likeness (QED) is 0.703. The Morgan fingerprint density at radius 1 is 1.31 bits per heavy atom. The molecule has 0 spiro atoms. The number of rotatable bonds is 3. The summed E-state index contributed by atoms with van der Waals surface area (Å²) in [7, 11) is 0. The van der Waals surface area contributed by atoms with Gasteiger partial charge in [-0.1, -0.05) is 0 Å². The maximum atomic E-state index is 14.0. The molecule has 8 nitrogen and oxygen atoms in total. The first-order chi connectivity index (χ1) is 13.8. The smallest absolute Gasteiger partial charge is 0.289 e. The van der Waals surface area contributed by atoms with Crippen molar-refractivity contribution in [2.45, 2.75) is 38.8 Å². The van der Waals surface area contributed by atoms with Crippen LogP contribution in [0.25, 0.3) is 11.0 Å². The molecule has 1 aliphatic rings. The Labute approximate surface area is 164 Å². The Morgan fingerprint density at radius 3 is 2.86 bits per heavy atom. The molecule has 1 atom stereocenters. The van der Waals surface area contributed by atoms with Crippen molar-refractivity contribution in [2.24, 2.45) is 0 Å². The van der Waals surface area contributed by atoms with Crippen LogP contribution in [0, 0.1) is 11.6 Å². The molecule has 0 fully saturated rings. The number of fused-ring (bicyclic) bond motifs is 2. The van der Waals surface area contributed by atoms with Gasteiger partial charge in [0.2, 0.25) is 11.7 Å². The molecule has 0 aliphatic carbocycles. The predicted molar refractivity (Wildman–Crippen MR) is 100 cm³/mol. The third kappa shape index (κ3) is 3.53. The van der Waals surface area contributed by atoms with Crippen LogP contribution >= 0.6 is 0 Å². The van der Waals surface area contributed by atoms with Gasteiger partial charge in [0, 0.05) is 18.3 Å². The number of halogens is 2. The van der Waals surface area contributed by atoms with E-state index in [1.54, 1.807) is 10.9 Å². The van der Waals surface area contributed by atoms with Crippen molar-refractivity contribution in [3.8, 4) is 0 Å². The molecule has 3 heterocycles. The molecule has 10 heteroatoms. The Bertz CT molecular complexity index is 1130. The summed E-state index contributed by atoms with van der Waals surface area (Å²) in [6.45, 7) is 3.87. The van der Waals surface area contributed by atoms with Crippen molar-refractivity contribution in [1.82, 2.24) is 25.1 Å². The average molecular weight is 400 g/mol. The largest absolute Gasteiger partial charge is 0.337 e. The molecule has 3 aromatic rings. The summed E-state index contributed by atoms with van der Waals surface area (Å²) in [5, 5.41) is 9.92. The molecule has 0 bridgehead atoms. The Balaban J connectivity index is 1.56. The topological polar surface area (TPSA) is 102 Å². The number of nitrogens with zero attached hydrogens (tertiary/aromatic N) is 4. The van der Waals surface area contributed by atoms with E-state index in [1.807, 2.05) is 13.8 Å². The molecule has 0 saturated heterocycles. The summed E-state index contributed by atoms with van der Waals surface area (Å²) in [6.07, 6.45) is 3.50. The zero-order valence-electron chi connectivity index (χ0n) is 15.7. The molecular formula is C19H18F2N6O2. The molecule has 150 valence electrons. The number of aryl methyl sites for hydroxylation is 1. The third-order valence-corrected chi connectivity index (χ3v) is 4.74. The van der Waals surface area contributed by atoms with Gasteiger partial charge in [0.25, 0.3) is 5.91 Å². The second-order valence-electron chi connectivity index (χ2n) is 7.13. The molecule has 4 rings (SSSR count).